The Kier molecular flexibility index (Phi) is 3.66. The highest BCUT2D eigenvalue weighted by Crippen LogP contribution is 2.07. The first-order valence-electron chi connectivity index (χ1n) is 5.32. The summed E-state index contributed by atoms with van der Waals surface area (Å²) in [5.74, 6) is 0.467. The van der Waals surface area contributed by atoms with Gasteiger partial charge in [0.1, 0.15) is 11.4 Å². The van der Waals surface area contributed by atoms with Crippen molar-refractivity contribution in [3.8, 4) is 5.75 Å². The van der Waals surface area contributed by atoms with Gasteiger partial charge in [-0.25, -0.2) is 0 Å². The van der Waals surface area contributed by atoms with Gasteiger partial charge < -0.3 is 10.8 Å². The van der Waals surface area contributed by atoms with Crippen molar-refractivity contribution in [2.75, 3.05) is 0 Å². The minimum Gasteiger partial charge on any atom is -0.508 e. The monoisotopic (exact) mass is 240 g/mol. The highest BCUT2D eigenvalue weighted by molar-refractivity contribution is 5.95. The number of nitrogens with two attached hydrogens (primary N) is 1. The molecule has 0 amide bonds. The Morgan fingerprint density at radius 3 is 2.61 bits per heavy atom. The molecule has 1 aromatic carbocycles. The number of amidine groups is 1. The molecule has 18 heavy (non-hydrogen) atoms. The maximum atomic E-state index is 9.12. The van der Waals surface area contributed by atoms with E-state index < -0.39 is 0 Å². The average molecular weight is 240 g/mol. The van der Waals surface area contributed by atoms with Crippen LogP contribution in [0.4, 0.5) is 0 Å². The quantitative estimate of drug-likeness (QED) is 0.484. The number of aromatic nitrogens is 1. The van der Waals surface area contributed by atoms with Crippen LogP contribution in [-0.4, -0.2) is 22.1 Å². The van der Waals surface area contributed by atoms with Crippen LogP contribution in [0.1, 0.15) is 11.3 Å². The van der Waals surface area contributed by atoms with Crippen LogP contribution in [0.3, 0.4) is 0 Å². The Bertz CT molecular complexity index is 561. The summed E-state index contributed by atoms with van der Waals surface area (Å²) in [6.07, 6.45) is 3.19. The number of aromatic hydroxyl groups is 1. The molecule has 3 N–H and O–H groups in total. The van der Waals surface area contributed by atoms with Crippen molar-refractivity contribution < 1.29 is 5.11 Å². The topological polar surface area (TPSA) is 83.9 Å². The maximum Gasteiger partial charge on any atom is 0.171 e. The molecule has 0 aliphatic carbocycles. The van der Waals surface area contributed by atoms with Crippen molar-refractivity contribution in [2.45, 2.75) is 0 Å². The van der Waals surface area contributed by atoms with Gasteiger partial charge >= 0.3 is 0 Å². The molecule has 0 saturated carbocycles. The molecule has 0 fully saturated rings. The second-order valence-electron chi connectivity index (χ2n) is 3.54. The smallest absolute Gasteiger partial charge is 0.171 e. The maximum absolute atomic E-state index is 9.12. The van der Waals surface area contributed by atoms with E-state index in [1.54, 1.807) is 48.8 Å². The molecular weight excluding hydrogens is 228 g/mol. The van der Waals surface area contributed by atoms with Crippen molar-refractivity contribution in [3.63, 3.8) is 0 Å². The molecule has 2 rings (SSSR count). The van der Waals surface area contributed by atoms with E-state index in [-0.39, 0.29) is 11.6 Å². The minimum absolute atomic E-state index is 0.212. The predicted molar refractivity (Wildman–Crippen MR) is 70.7 cm³/mol. The summed E-state index contributed by atoms with van der Waals surface area (Å²) < 4.78 is 0. The standard InChI is InChI=1S/C13H12N4O/c14-13(12-3-1-2-8-15-12)17-16-9-10-4-6-11(18)7-5-10/h1-9,18H,(H2,14,17). The number of phenolic OH excluding ortho intramolecular Hbond substituents is 1. The summed E-state index contributed by atoms with van der Waals surface area (Å²) in [4.78, 5) is 4.05. The average Bonchev–Trinajstić information content (AvgIpc) is 2.42. The third kappa shape index (κ3) is 3.15. The van der Waals surface area contributed by atoms with E-state index in [0.717, 1.165) is 5.56 Å². The van der Waals surface area contributed by atoms with E-state index in [1.165, 1.54) is 0 Å². The Labute approximate surface area is 104 Å². The van der Waals surface area contributed by atoms with E-state index >= 15 is 0 Å². The summed E-state index contributed by atoms with van der Waals surface area (Å²) >= 11 is 0. The lowest BCUT2D eigenvalue weighted by molar-refractivity contribution is 0.475. The number of rotatable bonds is 3. The van der Waals surface area contributed by atoms with Crippen LogP contribution in [0.15, 0.2) is 58.9 Å². The SMILES string of the molecule is NC(=NN=Cc1ccc(O)cc1)c1ccccn1. The van der Waals surface area contributed by atoms with Crippen LogP contribution in [0, 0.1) is 0 Å². The van der Waals surface area contributed by atoms with Gasteiger partial charge in [0.2, 0.25) is 0 Å². The summed E-state index contributed by atoms with van der Waals surface area (Å²) in [5, 5.41) is 16.8. The van der Waals surface area contributed by atoms with Crippen molar-refractivity contribution in [2.24, 2.45) is 15.9 Å². The highest BCUT2D eigenvalue weighted by Gasteiger charge is 1.96. The van der Waals surface area contributed by atoms with Gasteiger partial charge in [0, 0.05) is 6.20 Å². The van der Waals surface area contributed by atoms with E-state index in [1.807, 2.05) is 6.07 Å². The van der Waals surface area contributed by atoms with Crippen LogP contribution in [0.2, 0.25) is 0 Å². The number of hydrogen-bond acceptors (Lipinski definition) is 4. The summed E-state index contributed by atoms with van der Waals surface area (Å²) in [7, 11) is 0. The molecule has 0 unspecified atom stereocenters. The van der Waals surface area contributed by atoms with Gasteiger partial charge in [-0.05, 0) is 42.0 Å². The number of pyridine rings is 1. The van der Waals surface area contributed by atoms with Crippen molar-refractivity contribution in [3.05, 3.63) is 59.9 Å². The van der Waals surface area contributed by atoms with Gasteiger partial charge in [-0.15, -0.1) is 5.10 Å². The highest BCUT2D eigenvalue weighted by atomic mass is 16.3. The lowest BCUT2D eigenvalue weighted by Gasteiger charge is -1.95. The zero-order valence-corrected chi connectivity index (χ0v) is 9.56. The molecule has 0 spiro atoms. The Balaban J connectivity index is 2.08. The number of hydrogen-bond donors (Lipinski definition) is 2. The second-order valence-corrected chi connectivity index (χ2v) is 3.54. The fraction of sp³-hybridized carbons (Fsp3) is 0. The number of nitrogens with zero attached hydrogens (tertiary/aromatic N) is 3. The van der Waals surface area contributed by atoms with E-state index in [9.17, 15) is 0 Å². The molecule has 90 valence electrons. The fourth-order valence-corrected chi connectivity index (χ4v) is 1.28. The fourth-order valence-electron chi connectivity index (χ4n) is 1.28. The van der Waals surface area contributed by atoms with E-state index in [0.29, 0.717) is 5.69 Å². The van der Waals surface area contributed by atoms with E-state index in [4.69, 9.17) is 10.8 Å². The Hall–Kier alpha value is -2.69. The Morgan fingerprint density at radius 1 is 1.17 bits per heavy atom. The van der Waals surface area contributed by atoms with Crippen LogP contribution in [0.5, 0.6) is 5.75 Å². The molecule has 0 aliphatic rings. The number of phenols is 1. The zero-order chi connectivity index (χ0) is 12.8. The molecule has 1 aromatic heterocycles. The second kappa shape index (κ2) is 5.58. The first-order chi connectivity index (χ1) is 8.75. The molecule has 5 heteroatoms. The third-order valence-corrected chi connectivity index (χ3v) is 2.19. The molecule has 1 heterocycles. The van der Waals surface area contributed by atoms with Crippen molar-refractivity contribution >= 4 is 12.1 Å². The van der Waals surface area contributed by atoms with Crippen molar-refractivity contribution in [1.82, 2.24) is 4.98 Å². The zero-order valence-electron chi connectivity index (χ0n) is 9.56. The molecule has 0 atom stereocenters. The van der Waals surface area contributed by atoms with Crippen LogP contribution in [-0.2, 0) is 0 Å². The summed E-state index contributed by atoms with van der Waals surface area (Å²) in [5.41, 5.74) is 7.13. The van der Waals surface area contributed by atoms with Crippen LogP contribution >= 0.6 is 0 Å². The van der Waals surface area contributed by atoms with Gasteiger partial charge in [0.05, 0.1) is 6.21 Å². The summed E-state index contributed by atoms with van der Waals surface area (Å²) in [6, 6.07) is 12.0. The van der Waals surface area contributed by atoms with Crippen LogP contribution < -0.4 is 5.73 Å². The number of benzene rings is 1. The first-order valence-corrected chi connectivity index (χ1v) is 5.32. The lowest BCUT2D eigenvalue weighted by Crippen LogP contribution is -2.14. The predicted octanol–water partition coefficient (Wildman–Crippen LogP) is 1.53. The molecule has 2 aromatic rings. The lowest BCUT2D eigenvalue weighted by atomic mass is 10.2. The third-order valence-electron chi connectivity index (χ3n) is 2.19. The minimum atomic E-state index is 0.212. The molecule has 0 aliphatic heterocycles. The van der Waals surface area contributed by atoms with Gasteiger partial charge in [-0.3, -0.25) is 4.98 Å². The largest absolute Gasteiger partial charge is 0.508 e. The van der Waals surface area contributed by atoms with Gasteiger partial charge in [0.25, 0.3) is 0 Å². The Morgan fingerprint density at radius 2 is 1.94 bits per heavy atom. The molecule has 5 nitrogen and oxygen atoms in total. The van der Waals surface area contributed by atoms with Crippen molar-refractivity contribution in [1.29, 1.82) is 0 Å². The molecular formula is C13H12N4O. The van der Waals surface area contributed by atoms with Crippen LogP contribution in [0.25, 0.3) is 0 Å². The van der Waals surface area contributed by atoms with Gasteiger partial charge in [-0.1, -0.05) is 6.07 Å². The first kappa shape index (κ1) is 11.8. The van der Waals surface area contributed by atoms with E-state index in [2.05, 4.69) is 15.2 Å². The molecule has 0 saturated heterocycles. The van der Waals surface area contributed by atoms with Gasteiger partial charge in [-0.2, -0.15) is 5.10 Å². The summed E-state index contributed by atoms with van der Waals surface area (Å²) in [6.45, 7) is 0. The van der Waals surface area contributed by atoms with Gasteiger partial charge in [0.15, 0.2) is 5.84 Å². The molecule has 0 bridgehead atoms. The molecule has 0 radical (unpaired) electrons. The normalized spacial score (nSPS) is 11.9.